The summed E-state index contributed by atoms with van der Waals surface area (Å²) < 4.78 is 6.28. The summed E-state index contributed by atoms with van der Waals surface area (Å²) in [6, 6.07) is 14.1. The van der Waals surface area contributed by atoms with Gasteiger partial charge in [0.05, 0.1) is 11.1 Å². The highest BCUT2D eigenvalue weighted by atomic mass is 35.5. The summed E-state index contributed by atoms with van der Waals surface area (Å²) in [5.74, 6) is 0.577. The van der Waals surface area contributed by atoms with E-state index in [-0.39, 0.29) is 5.76 Å². The van der Waals surface area contributed by atoms with Gasteiger partial charge < -0.3 is 9.84 Å². The zero-order valence-corrected chi connectivity index (χ0v) is 18.8. The molecule has 30 heavy (non-hydrogen) atoms. The molecule has 1 aliphatic carbocycles. The second-order valence-electron chi connectivity index (χ2n) is 9.17. The number of aliphatic hydroxyl groups is 1. The first-order valence-corrected chi connectivity index (χ1v) is 10.8. The molecule has 0 aliphatic heterocycles. The number of halogens is 1. The first-order valence-electron chi connectivity index (χ1n) is 10.4. The molecule has 1 atom stereocenters. The van der Waals surface area contributed by atoms with Crippen LogP contribution in [0.2, 0.25) is 5.02 Å². The van der Waals surface area contributed by atoms with Crippen molar-refractivity contribution < 1.29 is 9.84 Å². The van der Waals surface area contributed by atoms with Crippen molar-refractivity contribution in [1.82, 2.24) is 4.98 Å². The van der Waals surface area contributed by atoms with Crippen LogP contribution in [0.15, 0.2) is 54.8 Å². The average Bonchev–Trinajstić information content (AvgIpc) is 3.50. The number of fused-ring (bicyclic) bond motifs is 1. The highest BCUT2D eigenvalue weighted by Crippen LogP contribution is 2.44. The van der Waals surface area contributed by atoms with Crippen LogP contribution in [-0.2, 0) is 4.74 Å². The van der Waals surface area contributed by atoms with Crippen molar-refractivity contribution in [2.75, 3.05) is 0 Å². The van der Waals surface area contributed by atoms with Gasteiger partial charge in [-0.1, -0.05) is 36.4 Å². The highest BCUT2D eigenvalue weighted by molar-refractivity contribution is 6.30. The van der Waals surface area contributed by atoms with Gasteiger partial charge in [-0.15, -0.1) is 0 Å². The zero-order chi connectivity index (χ0) is 21.6. The molecule has 1 saturated carbocycles. The Labute approximate surface area is 183 Å². The smallest absolute Gasteiger partial charge is 0.140 e. The zero-order valence-electron chi connectivity index (χ0n) is 18.0. The van der Waals surface area contributed by atoms with Crippen LogP contribution in [0, 0.1) is 6.92 Å². The van der Waals surface area contributed by atoms with Crippen LogP contribution in [0.25, 0.3) is 22.0 Å². The third-order valence-electron chi connectivity index (χ3n) is 5.43. The molecule has 0 bridgehead atoms. The molecular formula is C26H28ClNO2. The number of aryl methyl sites for hydroxylation is 1. The molecule has 0 radical (unpaired) electrons. The lowest BCUT2D eigenvalue weighted by Gasteiger charge is -2.30. The minimum absolute atomic E-state index is 0.00912. The fraction of sp³-hybridized carbons (Fsp3) is 0.346. The predicted molar refractivity (Wildman–Crippen MR) is 124 cm³/mol. The molecule has 3 aromatic rings. The maximum atomic E-state index is 10.5. The predicted octanol–water partition coefficient (Wildman–Crippen LogP) is 7.67. The Kier molecular flexibility index (Phi) is 5.37. The van der Waals surface area contributed by atoms with Crippen molar-refractivity contribution >= 4 is 22.5 Å². The molecule has 1 aliphatic rings. The molecule has 1 fully saturated rings. The van der Waals surface area contributed by atoms with Gasteiger partial charge in [-0.3, -0.25) is 4.98 Å². The number of benzene rings is 2. The van der Waals surface area contributed by atoms with Crippen LogP contribution in [0.3, 0.4) is 0 Å². The molecule has 1 aromatic heterocycles. The van der Waals surface area contributed by atoms with Gasteiger partial charge in [-0.2, -0.15) is 0 Å². The van der Waals surface area contributed by atoms with Gasteiger partial charge in [0.1, 0.15) is 11.9 Å². The van der Waals surface area contributed by atoms with E-state index in [4.69, 9.17) is 21.3 Å². The van der Waals surface area contributed by atoms with Crippen molar-refractivity contribution in [3.63, 3.8) is 0 Å². The Bertz CT molecular complexity index is 1110. The Balaban J connectivity index is 2.01. The van der Waals surface area contributed by atoms with Gasteiger partial charge in [-0.05, 0) is 87.1 Å². The maximum absolute atomic E-state index is 10.5. The normalized spacial score (nSPS) is 15.4. The molecule has 1 N–H and O–H groups in total. The minimum Gasteiger partial charge on any atom is -0.510 e. The quantitative estimate of drug-likeness (QED) is 0.429. The largest absolute Gasteiger partial charge is 0.510 e. The molecule has 3 nitrogen and oxygen atoms in total. The van der Waals surface area contributed by atoms with Crippen molar-refractivity contribution in [3.05, 3.63) is 76.6 Å². The topological polar surface area (TPSA) is 42.4 Å². The lowest BCUT2D eigenvalue weighted by atomic mass is 9.88. The van der Waals surface area contributed by atoms with Gasteiger partial charge in [-0.25, -0.2) is 0 Å². The SMILES string of the molecule is C=C(O)[C@@H](OC(C)(C)C)c1c(C)cc2nc(C3CC3)ccc2c1-c1ccc(Cl)cc1. The van der Waals surface area contributed by atoms with E-state index in [1.165, 1.54) is 12.8 Å². The first kappa shape index (κ1) is 20.9. The summed E-state index contributed by atoms with van der Waals surface area (Å²) in [4.78, 5) is 4.97. The van der Waals surface area contributed by atoms with Crippen LogP contribution in [0.4, 0.5) is 0 Å². The van der Waals surface area contributed by atoms with Crippen LogP contribution in [0.5, 0.6) is 0 Å². The number of pyridine rings is 1. The molecule has 4 heteroatoms. The first-order chi connectivity index (χ1) is 14.1. The van der Waals surface area contributed by atoms with Gasteiger partial charge in [0, 0.05) is 22.0 Å². The van der Waals surface area contributed by atoms with Gasteiger partial charge in [0.25, 0.3) is 0 Å². The number of nitrogens with zero attached hydrogens (tertiary/aromatic N) is 1. The van der Waals surface area contributed by atoms with Crippen molar-refractivity contribution in [1.29, 1.82) is 0 Å². The molecule has 0 saturated heterocycles. The fourth-order valence-electron chi connectivity index (χ4n) is 3.96. The van der Waals surface area contributed by atoms with Crippen LogP contribution < -0.4 is 0 Å². The minimum atomic E-state index is -0.650. The van der Waals surface area contributed by atoms with E-state index in [9.17, 15) is 5.11 Å². The highest BCUT2D eigenvalue weighted by Gasteiger charge is 2.30. The molecule has 156 valence electrons. The van der Waals surface area contributed by atoms with E-state index in [1.807, 2.05) is 52.0 Å². The third-order valence-corrected chi connectivity index (χ3v) is 5.68. The molecule has 0 amide bonds. The van der Waals surface area contributed by atoms with E-state index in [0.717, 1.165) is 38.9 Å². The van der Waals surface area contributed by atoms with Crippen molar-refractivity contribution in [2.45, 2.75) is 58.2 Å². The summed E-state index contributed by atoms with van der Waals surface area (Å²) in [6.07, 6.45) is 1.78. The number of hydrogen-bond donors (Lipinski definition) is 1. The Morgan fingerprint density at radius 1 is 1.17 bits per heavy atom. The van der Waals surface area contributed by atoms with E-state index < -0.39 is 11.7 Å². The van der Waals surface area contributed by atoms with Crippen molar-refractivity contribution in [3.8, 4) is 11.1 Å². The molecule has 0 spiro atoms. The molecule has 2 aromatic carbocycles. The lowest BCUT2D eigenvalue weighted by molar-refractivity contribution is -0.0594. The summed E-state index contributed by atoms with van der Waals surface area (Å²) in [5.41, 5.74) is 5.59. The summed E-state index contributed by atoms with van der Waals surface area (Å²) in [7, 11) is 0. The van der Waals surface area contributed by atoms with E-state index in [1.54, 1.807) is 0 Å². The number of rotatable bonds is 5. The number of ether oxygens (including phenoxy) is 1. The lowest BCUT2D eigenvalue weighted by Crippen LogP contribution is -2.24. The fourth-order valence-corrected chi connectivity index (χ4v) is 4.08. The number of aliphatic hydroxyl groups excluding tert-OH is 1. The third kappa shape index (κ3) is 4.23. The molecule has 1 heterocycles. The monoisotopic (exact) mass is 421 g/mol. The van der Waals surface area contributed by atoms with E-state index >= 15 is 0 Å². The summed E-state index contributed by atoms with van der Waals surface area (Å²) in [5, 5.41) is 12.2. The average molecular weight is 422 g/mol. The van der Waals surface area contributed by atoms with Crippen LogP contribution >= 0.6 is 11.6 Å². The van der Waals surface area contributed by atoms with Gasteiger partial charge in [0.2, 0.25) is 0 Å². The summed E-state index contributed by atoms with van der Waals surface area (Å²) in [6.45, 7) is 11.8. The summed E-state index contributed by atoms with van der Waals surface area (Å²) >= 11 is 6.16. The van der Waals surface area contributed by atoms with E-state index in [2.05, 4.69) is 24.8 Å². The maximum Gasteiger partial charge on any atom is 0.140 e. The van der Waals surface area contributed by atoms with Gasteiger partial charge in [0.15, 0.2) is 0 Å². The van der Waals surface area contributed by atoms with Crippen LogP contribution in [0.1, 0.15) is 62.5 Å². The van der Waals surface area contributed by atoms with Crippen molar-refractivity contribution in [2.24, 2.45) is 0 Å². The molecule has 4 rings (SSSR count). The Morgan fingerprint density at radius 3 is 2.40 bits per heavy atom. The van der Waals surface area contributed by atoms with Gasteiger partial charge >= 0.3 is 0 Å². The standard InChI is InChI=1S/C26H28ClNO2/c1-15-14-22-20(12-13-21(28-22)17-6-7-17)24(18-8-10-19(27)11-9-18)23(15)25(16(2)29)30-26(3,4)5/h8-14,17,25,29H,2,6-7H2,1,3-5H3/t25-/m1/s1. The Hall–Kier alpha value is -2.36. The number of aromatic nitrogens is 1. The van der Waals surface area contributed by atoms with E-state index in [0.29, 0.717) is 10.9 Å². The molecule has 0 unspecified atom stereocenters. The molecular weight excluding hydrogens is 394 g/mol. The second kappa shape index (κ2) is 7.72. The number of hydrogen-bond acceptors (Lipinski definition) is 3. The Morgan fingerprint density at radius 2 is 1.83 bits per heavy atom. The van der Waals surface area contributed by atoms with Crippen LogP contribution in [-0.4, -0.2) is 15.7 Å². The second-order valence-corrected chi connectivity index (χ2v) is 9.60.